The number of rotatable bonds is 5. The van der Waals surface area contributed by atoms with Crippen LogP contribution in [0.25, 0.3) is 10.9 Å². The van der Waals surface area contributed by atoms with Gasteiger partial charge in [-0.05, 0) is 60.9 Å². The topological polar surface area (TPSA) is 97.0 Å². The van der Waals surface area contributed by atoms with Crippen LogP contribution < -0.4 is 15.6 Å². The summed E-state index contributed by atoms with van der Waals surface area (Å²) >= 11 is 0. The molecule has 1 aliphatic heterocycles. The zero-order valence-electron chi connectivity index (χ0n) is 19.9. The summed E-state index contributed by atoms with van der Waals surface area (Å²) in [5.74, 6) is 1.11. The molecule has 3 aromatic carbocycles. The van der Waals surface area contributed by atoms with Gasteiger partial charge in [0, 0.05) is 30.3 Å². The Balaban J connectivity index is 1.32. The van der Waals surface area contributed by atoms with E-state index in [1.54, 1.807) is 53.1 Å². The fourth-order valence-electron chi connectivity index (χ4n) is 4.50. The number of fused-ring (bicyclic) bond motifs is 2. The van der Waals surface area contributed by atoms with Crippen molar-refractivity contribution in [1.29, 1.82) is 5.26 Å². The maximum absolute atomic E-state index is 13.0. The lowest BCUT2D eigenvalue weighted by Crippen LogP contribution is -2.26. The first-order valence-corrected chi connectivity index (χ1v) is 12.2. The SMILES string of the molecule is N#Cc1cccc(COc2cccc(NC(=O)c3ccc4c(=O)n5c(nc4c3)CCCCCC5)c2)c1. The number of amides is 1. The van der Waals surface area contributed by atoms with E-state index in [9.17, 15) is 9.59 Å². The standard InChI is InChI=1S/C29H26N4O3/c30-18-20-7-5-8-21(15-20)19-36-24-10-6-9-23(17-24)31-28(34)22-12-13-25-26(16-22)32-27-11-3-1-2-4-14-33(27)29(25)35/h5-10,12-13,15-17H,1-4,11,14,19H2,(H,31,34). The van der Waals surface area contributed by atoms with Crippen LogP contribution >= 0.6 is 0 Å². The van der Waals surface area contributed by atoms with Crippen LogP contribution in [-0.4, -0.2) is 15.5 Å². The number of nitriles is 1. The van der Waals surface area contributed by atoms with Gasteiger partial charge in [-0.25, -0.2) is 4.98 Å². The van der Waals surface area contributed by atoms with Crippen LogP contribution in [0.1, 0.15) is 53.0 Å². The zero-order chi connectivity index (χ0) is 24.9. The van der Waals surface area contributed by atoms with Gasteiger partial charge in [0.25, 0.3) is 11.5 Å². The van der Waals surface area contributed by atoms with Crippen molar-refractivity contribution in [2.75, 3.05) is 5.32 Å². The Bertz CT molecular complexity index is 1530. The van der Waals surface area contributed by atoms with Crippen LogP contribution in [0.15, 0.2) is 71.5 Å². The summed E-state index contributed by atoms with van der Waals surface area (Å²) in [7, 11) is 0. The monoisotopic (exact) mass is 478 g/mol. The van der Waals surface area contributed by atoms with E-state index in [-0.39, 0.29) is 11.5 Å². The predicted molar refractivity (Wildman–Crippen MR) is 138 cm³/mol. The van der Waals surface area contributed by atoms with Gasteiger partial charge in [-0.2, -0.15) is 5.26 Å². The van der Waals surface area contributed by atoms with Crippen LogP contribution in [0, 0.1) is 11.3 Å². The summed E-state index contributed by atoms with van der Waals surface area (Å²) in [4.78, 5) is 30.8. The van der Waals surface area contributed by atoms with E-state index in [1.165, 1.54) is 0 Å². The summed E-state index contributed by atoms with van der Waals surface area (Å²) in [5, 5.41) is 12.5. The van der Waals surface area contributed by atoms with E-state index >= 15 is 0 Å². The van der Waals surface area contributed by atoms with E-state index < -0.39 is 0 Å². The summed E-state index contributed by atoms with van der Waals surface area (Å²) in [6.45, 7) is 1.00. The Labute approximate surface area is 209 Å². The molecule has 180 valence electrons. The third kappa shape index (κ3) is 5.13. The molecule has 0 aliphatic carbocycles. The van der Waals surface area contributed by atoms with Gasteiger partial charge in [0.1, 0.15) is 18.2 Å². The molecule has 1 aliphatic rings. The van der Waals surface area contributed by atoms with Crippen molar-refractivity contribution in [3.8, 4) is 11.8 Å². The van der Waals surface area contributed by atoms with Gasteiger partial charge < -0.3 is 10.1 Å². The highest BCUT2D eigenvalue weighted by Gasteiger charge is 2.15. The highest BCUT2D eigenvalue weighted by atomic mass is 16.5. The first kappa shape index (κ1) is 23.3. The minimum absolute atomic E-state index is 0.0333. The van der Waals surface area contributed by atoms with Crippen molar-refractivity contribution in [3.05, 3.63) is 99.6 Å². The van der Waals surface area contributed by atoms with Gasteiger partial charge in [0.15, 0.2) is 0 Å². The quantitative estimate of drug-likeness (QED) is 0.424. The fraction of sp³-hybridized carbons (Fsp3) is 0.241. The van der Waals surface area contributed by atoms with Gasteiger partial charge >= 0.3 is 0 Å². The Morgan fingerprint density at radius 3 is 2.78 bits per heavy atom. The van der Waals surface area contributed by atoms with E-state index in [0.717, 1.165) is 43.5 Å². The number of anilines is 1. The normalized spacial score (nSPS) is 13.2. The van der Waals surface area contributed by atoms with Gasteiger partial charge in [-0.1, -0.05) is 31.0 Å². The molecule has 1 aromatic heterocycles. The Morgan fingerprint density at radius 2 is 1.89 bits per heavy atom. The third-order valence-electron chi connectivity index (χ3n) is 6.38. The molecule has 0 radical (unpaired) electrons. The number of hydrogen-bond acceptors (Lipinski definition) is 5. The Morgan fingerprint density at radius 1 is 1.03 bits per heavy atom. The average Bonchev–Trinajstić information content (AvgIpc) is 2.88. The third-order valence-corrected chi connectivity index (χ3v) is 6.38. The molecule has 1 N–H and O–H groups in total. The first-order chi connectivity index (χ1) is 17.6. The number of carbonyl (C=O) groups is 1. The first-order valence-electron chi connectivity index (χ1n) is 12.2. The number of hydrogen-bond donors (Lipinski definition) is 1. The van der Waals surface area contributed by atoms with Crippen molar-refractivity contribution >= 4 is 22.5 Å². The number of ether oxygens (including phenoxy) is 1. The second-order valence-corrected chi connectivity index (χ2v) is 8.96. The number of aromatic nitrogens is 2. The number of aryl methyl sites for hydroxylation is 1. The molecule has 2 heterocycles. The Hall–Kier alpha value is -4.44. The molecular weight excluding hydrogens is 452 g/mol. The van der Waals surface area contributed by atoms with Crippen molar-refractivity contribution < 1.29 is 9.53 Å². The minimum atomic E-state index is -0.288. The predicted octanol–water partition coefficient (Wildman–Crippen LogP) is 5.22. The molecule has 4 aromatic rings. The molecule has 0 saturated heterocycles. The lowest BCUT2D eigenvalue weighted by Gasteiger charge is -2.16. The maximum atomic E-state index is 13.0. The number of benzene rings is 3. The molecule has 0 saturated carbocycles. The molecular formula is C29H26N4O3. The molecule has 0 bridgehead atoms. The second-order valence-electron chi connectivity index (χ2n) is 8.96. The van der Waals surface area contributed by atoms with Crippen molar-refractivity contribution in [2.24, 2.45) is 0 Å². The van der Waals surface area contributed by atoms with Crippen molar-refractivity contribution in [2.45, 2.75) is 45.3 Å². The lowest BCUT2D eigenvalue weighted by molar-refractivity contribution is 0.102. The van der Waals surface area contributed by atoms with Crippen LogP contribution in [-0.2, 0) is 19.6 Å². The van der Waals surface area contributed by atoms with Gasteiger partial charge in [0.05, 0.1) is 22.5 Å². The smallest absolute Gasteiger partial charge is 0.261 e. The average molecular weight is 479 g/mol. The summed E-state index contributed by atoms with van der Waals surface area (Å²) in [6.07, 6.45) is 5.04. The maximum Gasteiger partial charge on any atom is 0.261 e. The molecule has 7 heteroatoms. The van der Waals surface area contributed by atoms with Crippen LogP contribution in [0.5, 0.6) is 5.75 Å². The molecule has 7 nitrogen and oxygen atoms in total. The molecule has 0 fully saturated rings. The summed E-state index contributed by atoms with van der Waals surface area (Å²) in [6, 6.07) is 21.6. The fourth-order valence-corrected chi connectivity index (χ4v) is 4.50. The summed E-state index contributed by atoms with van der Waals surface area (Å²) < 4.78 is 7.65. The van der Waals surface area contributed by atoms with E-state index in [2.05, 4.69) is 11.4 Å². The lowest BCUT2D eigenvalue weighted by atomic mass is 10.1. The molecule has 0 atom stereocenters. The highest BCUT2D eigenvalue weighted by Crippen LogP contribution is 2.21. The minimum Gasteiger partial charge on any atom is -0.489 e. The van der Waals surface area contributed by atoms with E-state index in [1.807, 2.05) is 18.2 Å². The van der Waals surface area contributed by atoms with Crippen molar-refractivity contribution in [1.82, 2.24) is 9.55 Å². The highest BCUT2D eigenvalue weighted by molar-refractivity contribution is 6.06. The van der Waals surface area contributed by atoms with Gasteiger partial charge in [0.2, 0.25) is 0 Å². The van der Waals surface area contributed by atoms with E-state index in [4.69, 9.17) is 15.0 Å². The van der Waals surface area contributed by atoms with Crippen LogP contribution in [0.4, 0.5) is 5.69 Å². The number of carbonyl (C=O) groups excluding carboxylic acids is 1. The van der Waals surface area contributed by atoms with Crippen molar-refractivity contribution in [3.63, 3.8) is 0 Å². The Kier molecular flexibility index (Phi) is 6.76. The second kappa shape index (κ2) is 10.4. The van der Waals surface area contributed by atoms with Crippen LogP contribution in [0.2, 0.25) is 0 Å². The molecule has 0 spiro atoms. The molecule has 1 amide bonds. The van der Waals surface area contributed by atoms with Gasteiger partial charge in [-0.3, -0.25) is 14.2 Å². The summed E-state index contributed by atoms with van der Waals surface area (Å²) in [5.41, 5.74) is 3.01. The van der Waals surface area contributed by atoms with Gasteiger partial charge in [-0.15, -0.1) is 0 Å². The molecule has 0 unspecified atom stereocenters. The largest absolute Gasteiger partial charge is 0.489 e. The van der Waals surface area contributed by atoms with Crippen LogP contribution in [0.3, 0.4) is 0 Å². The molecule has 36 heavy (non-hydrogen) atoms. The molecule has 5 rings (SSSR count). The number of nitrogens with zero attached hydrogens (tertiary/aromatic N) is 3. The number of nitrogens with one attached hydrogen (secondary N) is 1. The zero-order valence-corrected chi connectivity index (χ0v) is 19.9. The van der Waals surface area contributed by atoms with E-state index in [0.29, 0.717) is 46.6 Å².